The van der Waals surface area contributed by atoms with E-state index in [4.69, 9.17) is 5.73 Å². The molecule has 1 aromatic rings. The summed E-state index contributed by atoms with van der Waals surface area (Å²) in [6, 6.07) is 1.71. The molecule has 5 nitrogen and oxygen atoms in total. The summed E-state index contributed by atoms with van der Waals surface area (Å²) in [5, 5.41) is 6.86. The van der Waals surface area contributed by atoms with Gasteiger partial charge in [-0.25, -0.2) is 0 Å². The lowest BCUT2D eigenvalue weighted by Gasteiger charge is -2.07. The Morgan fingerprint density at radius 1 is 1.69 bits per heavy atom. The van der Waals surface area contributed by atoms with E-state index in [0.29, 0.717) is 24.7 Å². The van der Waals surface area contributed by atoms with Gasteiger partial charge in [-0.05, 0) is 31.4 Å². The van der Waals surface area contributed by atoms with Crippen molar-refractivity contribution in [1.29, 1.82) is 0 Å². The maximum Gasteiger partial charge on any atom is 0.271 e. The minimum Gasteiger partial charge on any atom is -0.351 e. The number of rotatable bonds is 6. The Morgan fingerprint density at radius 3 is 3.00 bits per heavy atom. The van der Waals surface area contributed by atoms with Crippen LogP contribution in [0.15, 0.2) is 12.3 Å². The third-order valence-corrected chi connectivity index (χ3v) is 2.51. The van der Waals surface area contributed by atoms with Crippen LogP contribution in [0.4, 0.5) is 0 Å². The first kappa shape index (κ1) is 12.7. The lowest BCUT2D eigenvalue weighted by Crippen LogP contribution is -2.25. The molecule has 0 aliphatic carbocycles. The minimum absolute atomic E-state index is 0.110. The van der Waals surface area contributed by atoms with E-state index in [1.165, 1.54) is 0 Å². The first-order chi connectivity index (χ1) is 7.63. The molecule has 1 amide bonds. The maximum atomic E-state index is 11.6. The van der Waals surface area contributed by atoms with Crippen molar-refractivity contribution in [2.75, 3.05) is 13.1 Å². The quantitative estimate of drug-likeness (QED) is 0.692. The number of amides is 1. The average molecular weight is 224 g/mol. The highest BCUT2D eigenvalue weighted by Gasteiger charge is 2.07. The summed E-state index contributed by atoms with van der Waals surface area (Å²) in [4.78, 5) is 11.6. The van der Waals surface area contributed by atoms with Crippen LogP contribution in [0.3, 0.4) is 0 Å². The predicted octanol–water partition coefficient (Wildman–Crippen LogP) is 0.525. The number of nitrogens with zero attached hydrogens (tertiary/aromatic N) is 2. The Labute approximate surface area is 96.0 Å². The van der Waals surface area contributed by atoms with Gasteiger partial charge in [0.05, 0.1) is 0 Å². The van der Waals surface area contributed by atoms with Crippen LogP contribution in [0.25, 0.3) is 0 Å². The van der Waals surface area contributed by atoms with Crippen molar-refractivity contribution in [2.45, 2.75) is 19.8 Å². The molecule has 1 unspecified atom stereocenters. The standard InChI is InChI=1S/C11H20N4O/c1-9(8-12)4-3-6-13-11(16)10-5-7-15(2)14-10/h5,7,9H,3-4,6,8,12H2,1-2H3,(H,13,16). The summed E-state index contributed by atoms with van der Waals surface area (Å²) >= 11 is 0. The van der Waals surface area contributed by atoms with Crippen molar-refractivity contribution < 1.29 is 4.79 Å². The number of carbonyl (C=O) groups is 1. The Kier molecular flexibility index (Phi) is 4.98. The topological polar surface area (TPSA) is 72.9 Å². The van der Waals surface area contributed by atoms with E-state index in [9.17, 15) is 4.79 Å². The average Bonchev–Trinajstić information content (AvgIpc) is 2.70. The highest BCUT2D eigenvalue weighted by molar-refractivity contribution is 5.92. The normalized spacial score (nSPS) is 12.4. The molecule has 0 aliphatic rings. The van der Waals surface area contributed by atoms with Crippen molar-refractivity contribution in [3.63, 3.8) is 0 Å². The first-order valence-corrected chi connectivity index (χ1v) is 5.61. The lowest BCUT2D eigenvalue weighted by atomic mass is 10.1. The van der Waals surface area contributed by atoms with E-state index < -0.39 is 0 Å². The molecule has 0 saturated heterocycles. The summed E-state index contributed by atoms with van der Waals surface area (Å²) in [6.07, 6.45) is 3.75. The highest BCUT2D eigenvalue weighted by Crippen LogP contribution is 2.02. The summed E-state index contributed by atoms with van der Waals surface area (Å²) in [5.74, 6) is 0.410. The largest absolute Gasteiger partial charge is 0.351 e. The second-order valence-corrected chi connectivity index (χ2v) is 4.11. The number of hydrogen-bond donors (Lipinski definition) is 2. The van der Waals surface area contributed by atoms with E-state index in [1.807, 2.05) is 0 Å². The number of carbonyl (C=O) groups excluding carboxylic acids is 1. The second kappa shape index (κ2) is 6.27. The molecule has 1 heterocycles. The monoisotopic (exact) mass is 224 g/mol. The van der Waals surface area contributed by atoms with E-state index in [0.717, 1.165) is 12.8 Å². The molecule has 16 heavy (non-hydrogen) atoms. The van der Waals surface area contributed by atoms with Crippen LogP contribution < -0.4 is 11.1 Å². The van der Waals surface area contributed by atoms with Gasteiger partial charge in [-0.2, -0.15) is 5.10 Å². The molecule has 1 rings (SSSR count). The fourth-order valence-electron chi connectivity index (χ4n) is 1.40. The fraction of sp³-hybridized carbons (Fsp3) is 0.636. The van der Waals surface area contributed by atoms with E-state index >= 15 is 0 Å². The second-order valence-electron chi connectivity index (χ2n) is 4.11. The van der Waals surface area contributed by atoms with Crippen LogP contribution >= 0.6 is 0 Å². The molecule has 0 saturated carbocycles. The van der Waals surface area contributed by atoms with Gasteiger partial charge in [-0.15, -0.1) is 0 Å². The molecule has 0 spiro atoms. The van der Waals surface area contributed by atoms with Crippen molar-refractivity contribution in [3.05, 3.63) is 18.0 Å². The Hall–Kier alpha value is -1.36. The van der Waals surface area contributed by atoms with Crippen LogP contribution in [0.2, 0.25) is 0 Å². The Balaban J connectivity index is 2.21. The highest BCUT2D eigenvalue weighted by atomic mass is 16.1. The zero-order chi connectivity index (χ0) is 12.0. The van der Waals surface area contributed by atoms with Crippen LogP contribution in [0.5, 0.6) is 0 Å². The summed E-state index contributed by atoms with van der Waals surface area (Å²) in [6.45, 7) is 3.49. The molecule has 90 valence electrons. The van der Waals surface area contributed by atoms with Crippen molar-refractivity contribution in [1.82, 2.24) is 15.1 Å². The van der Waals surface area contributed by atoms with Crippen LogP contribution in [-0.4, -0.2) is 28.8 Å². The van der Waals surface area contributed by atoms with Crippen molar-refractivity contribution in [3.8, 4) is 0 Å². The minimum atomic E-state index is -0.110. The molecular formula is C11H20N4O. The summed E-state index contributed by atoms with van der Waals surface area (Å²) in [7, 11) is 1.79. The van der Waals surface area contributed by atoms with Crippen LogP contribution in [-0.2, 0) is 7.05 Å². The lowest BCUT2D eigenvalue weighted by molar-refractivity contribution is 0.0947. The van der Waals surface area contributed by atoms with Crippen molar-refractivity contribution >= 4 is 5.91 Å². The van der Waals surface area contributed by atoms with Gasteiger partial charge in [0, 0.05) is 19.8 Å². The maximum absolute atomic E-state index is 11.6. The van der Waals surface area contributed by atoms with Gasteiger partial charge < -0.3 is 11.1 Å². The third kappa shape index (κ3) is 4.02. The summed E-state index contributed by atoms with van der Waals surface area (Å²) < 4.78 is 1.62. The van der Waals surface area contributed by atoms with Gasteiger partial charge in [0.25, 0.3) is 5.91 Å². The van der Waals surface area contributed by atoms with Gasteiger partial charge in [0.2, 0.25) is 0 Å². The summed E-state index contributed by atoms with van der Waals surface area (Å²) in [5.41, 5.74) is 5.97. The molecule has 0 bridgehead atoms. The smallest absolute Gasteiger partial charge is 0.271 e. The number of nitrogens with two attached hydrogens (primary N) is 1. The molecular weight excluding hydrogens is 204 g/mol. The number of aryl methyl sites for hydroxylation is 1. The molecule has 5 heteroatoms. The number of nitrogens with one attached hydrogen (secondary N) is 1. The van der Waals surface area contributed by atoms with Crippen LogP contribution in [0, 0.1) is 5.92 Å². The SMILES string of the molecule is CC(CN)CCCNC(=O)c1ccn(C)n1. The Morgan fingerprint density at radius 2 is 2.44 bits per heavy atom. The molecule has 1 aromatic heterocycles. The van der Waals surface area contributed by atoms with E-state index in [2.05, 4.69) is 17.3 Å². The number of hydrogen-bond acceptors (Lipinski definition) is 3. The van der Waals surface area contributed by atoms with Gasteiger partial charge in [-0.1, -0.05) is 6.92 Å². The van der Waals surface area contributed by atoms with Gasteiger partial charge in [-0.3, -0.25) is 9.48 Å². The van der Waals surface area contributed by atoms with Crippen LogP contribution in [0.1, 0.15) is 30.3 Å². The van der Waals surface area contributed by atoms with E-state index in [1.54, 1.807) is 24.0 Å². The first-order valence-electron chi connectivity index (χ1n) is 5.61. The molecule has 0 aromatic carbocycles. The zero-order valence-corrected chi connectivity index (χ0v) is 9.94. The Bertz CT molecular complexity index is 334. The molecule has 0 aliphatic heterocycles. The fourth-order valence-corrected chi connectivity index (χ4v) is 1.40. The van der Waals surface area contributed by atoms with Crippen molar-refractivity contribution in [2.24, 2.45) is 18.7 Å². The van der Waals surface area contributed by atoms with E-state index in [-0.39, 0.29) is 5.91 Å². The van der Waals surface area contributed by atoms with Gasteiger partial charge in [0.1, 0.15) is 5.69 Å². The van der Waals surface area contributed by atoms with Gasteiger partial charge in [0.15, 0.2) is 0 Å². The molecule has 3 N–H and O–H groups in total. The van der Waals surface area contributed by atoms with Gasteiger partial charge >= 0.3 is 0 Å². The molecule has 0 radical (unpaired) electrons. The molecule has 0 fully saturated rings. The zero-order valence-electron chi connectivity index (χ0n) is 9.94. The predicted molar refractivity (Wildman–Crippen MR) is 63.0 cm³/mol. The molecule has 1 atom stereocenters. The number of aromatic nitrogens is 2. The third-order valence-electron chi connectivity index (χ3n) is 2.51.